The molecule has 1 atom stereocenters. The van der Waals surface area contributed by atoms with Crippen molar-refractivity contribution in [3.8, 4) is 0 Å². The van der Waals surface area contributed by atoms with E-state index in [-0.39, 0.29) is 5.91 Å². The molecule has 114 valence electrons. The lowest BCUT2D eigenvalue weighted by Gasteiger charge is -2.32. The number of nitrogens with zero attached hydrogens (tertiary/aromatic N) is 2. The molecule has 6 heteroatoms. The van der Waals surface area contributed by atoms with E-state index in [0.717, 1.165) is 17.0 Å². The number of carbonyl (C=O) groups is 3. The van der Waals surface area contributed by atoms with E-state index >= 15 is 0 Å². The van der Waals surface area contributed by atoms with E-state index in [9.17, 15) is 14.4 Å². The lowest BCUT2D eigenvalue weighted by Crippen LogP contribution is -2.54. The van der Waals surface area contributed by atoms with Crippen LogP contribution in [-0.2, 0) is 4.79 Å². The van der Waals surface area contributed by atoms with Gasteiger partial charge in [0.15, 0.2) is 0 Å². The highest BCUT2D eigenvalue weighted by molar-refractivity contribution is 6.22. The number of imide groups is 1. The van der Waals surface area contributed by atoms with Gasteiger partial charge in [-0.25, -0.2) is 0 Å². The lowest BCUT2D eigenvalue weighted by atomic mass is 10.1. The van der Waals surface area contributed by atoms with E-state index < -0.39 is 17.9 Å². The van der Waals surface area contributed by atoms with E-state index in [4.69, 9.17) is 0 Å². The standard InChI is InChI=1S/C16H17N3O3/c1-10-6-5-9-18(17-10)14(20)11(2)19-15(21)12-7-3-4-8-13(12)16(19)22/h3-4,6-8,11,17H,5,9H2,1-2H3. The maximum atomic E-state index is 12.6. The van der Waals surface area contributed by atoms with Gasteiger partial charge in [-0.2, -0.15) is 0 Å². The molecular weight excluding hydrogens is 282 g/mol. The number of rotatable bonds is 2. The number of hydrazine groups is 1. The minimum absolute atomic E-state index is 0.290. The van der Waals surface area contributed by atoms with Crippen molar-refractivity contribution in [2.75, 3.05) is 6.54 Å². The fourth-order valence-electron chi connectivity index (χ4n) is 2.79. The van der Waals surface area contributed by atoms with Gasteiger partial charge in [-0.3, -0.25) is 24.3 Å². The van der Waals surface area contributed by atoms with Gasteiger partial charge in [-0.1, -0.05) is 18.2 Å². The molecule has 2 aliphatic rings. The summed E-state index contributed by atoms with van der Waals surface area (Å²) in [6.45, 7) is 3.97. The SMILES string of the molecule is CC1=CCCN(C(=O)C(C)N2C(=O)c3ccccc3C2=O)N1. The number of allylic oxidation sites excluding steroid dienone is 1. The average Bonchev–Trinajstić information content (AvgIpc) is 2.78. The topological polar surface area (TPSA) is 69.7 Å². The number of carbonyl (C=O) groups excluding carboxylic acids is 3. The fraction of sp³-hybridized carbons (Fsp3) is 0.312. The van der Waals surface area contributed by atoms with Gasteiger partial charge in [0.1, 0.15) is 6.04 Å². The Balaban J connectivity index is 1.83. The molecule has 0 aromatic heterocycles. The van der Waals surface area contributed by atoms with Crippen LogP contribution >= 0.6 is 0 Å². The molecule has 1 N–H and O–H groups in total. The highest BCUT2D eigenvalue weighted by Gasteiger charge is 2.41. The highest BCUT2D eigenvalue weighted by Crippen LogP contribution is 2.25. The summed E-state index contributed by atoms with van der Waals surface area (Å²) in [5.41, 5.74) is 4.56. The van der Waals surface area contributed by atoms with Gasteiger partial charge in [0.2, 0.25) is 0 Å². The first kappa shape index (κ1) is 14.3. The third kappa shape index (κ3) is 2.16. The highest BCUT2D eigenvalue weighted by atomic mass is 16.2. The van der Waals surface area contributed by atoms with Gasteiger partial charge in [0.05, 0.1) is 11.1 Å². The smallest absolute Gasteiger partial charge is 0.263 e. The van der Waals surface area contributed by atoms with Crippen LogP contribution in [0.3, 0.4) is 0 Å². The number of hydrogen-bond acceptors (Lipinski definition) is 4. The molecule has 0 saturated carbocycles. The lowest BCUT2D eigenvalue weighted by molar-refractivity contribution is -0.137. The van der Waals surface area contributed by atoms with Crippen molar-refractivity contribution in [1.82, 2.24) is 15.3 Å². The van der Waals surface area contributed by atoms with Gasteiger partial charge in [0.25, 0.3) is 17.7 Å². The molecule has 0 saturated heterocycles. The third-order valence-corrected chi connectivity index (χ3v) is 3.95. The molecule has 3 rings (SSSR count). The van der Waals surface area contributed by atoms with Crippen molar-refractivity contribution >= 4 is 17.7 Å². The maximum Gasteiger partial charge on any atom is 0.263 e. The normalized spacial score (nSPS) is 18.7. The molecule has 0 fully saturated rings. The molecule has 1 aromatic carbocycles. The van der Waals surface area contributed by atoms with Crippen LogP contribution in [0.1, 0.15) is 41.0 Å². The van der Waals surface area contributed by atoms with E-state index in [0.29, 0.717) is 17.7 Å². The Labute approximate surface area is 128 Å². The Hall–Kier alpha value is -2.63. The first-order valence-corrected chi connectivity index (χ1v) is 7.22. The predicted octanol–water partition coefficient (Wildman–Crippen LogP) is 1.31. The van der Waals surface area contributed by atoms with Gasteiger partial charge < -0.3 is 5.43 Å². The molecule has 22 heavy (non-hydrogen) atoms. The predicted molar refractivity (Wildman–Crippen MR) is 79.6 cm³/mol. The minimum Gasteiger partial charge on any atom is -0.301 e. The Morgan fingerprint density at radius 3 is 2.32 bits per heavy atom. The van der Waals surface area contributed by atoms with E-state index in [1.54, 1.807) is 31.2 Å². The Bertz CT molecular complexity index is 661. The molecule has 0 spiro atoms. The van der Waals surface area contributed by atoms with Crippen LogP contribution < -0.4 is 5.43 Å². The second-order valence-corrected chi connectivity index (χ2v) is 5.48. The molecule has 2 aliphatic heterocycles. The molecule has 3 amide bonds. The zero-order chi connectivity index (χ0) is 15.9. The molecule has 6 nitrogen and oxygen atoms in total. The van der Waals surface area contributed by atoms with Crippen molar-refractivity contribution in [3.05, 3.63) is 47.2 Å². The number of nitrogens with one attached hydrogen (secondary N) is 1. The zero-order valence-corrected chi connectivity index (χ0v) is 12.5. The zero-order valence-electron chi connectivity index (χ0n) is 12.5. The molecule has 0 radical (unpaired) electrons. The molecule has 1 unspecified atom stereocenters. The van der Waals surface area contributed by atoms with E-state index in [1.165, 1.54) is 5.01 Å². The molecule has 0 aliphatic carbocycles. The van der Waals surface area contributed by atoms with Crippen molar-refractivity contribution < 1.29 is 14.4 Å². The summed E-state index contributed by atoms with van der Waals surface area (Å²) < 4.78 is 0. The quantitative estimate of drug-likeness (QED) is 0.836. The van der Waals surface area contributed by atoms with Crippen LogP contribution in [0.25, 0.3) is 0 Å². The van der Waals surface area contributed by atoms with Gasteiger partial charge in [-0.15, -0.1) is 0 Å². The van der Waals surface area contributed by atoms with Crippen LogP contribution in [0.4, 0.5) is 0 Å². The number of benzene rings is 1. The summed E-state index contributed by atoms with van der Waals surface area (Å²) in [5.74, 6) is -1.11. The van der Waals surface area contributed by atoms with Crippen molar-refractivity contribution in [2.45, 2.75) is 26.3 Å². The van der Waals surface area contributed by atoms with Crippen molar-refractivity contribution in [3.63, 3.8) is 0 Å². The van der Waals surface area contributed by atoms with Crippen LogP contribution in [-0.4, -0.2) is 40.2 Å². The Morgan fingerprint density at radius 2 is 1.77 bits per heavy atom. The van der Waals surface area contributed by atoms with Crippen LogP contribution in [0.15, 0.2) is 36.0 Å². The fourth-order valence-corrected chi connectivity index (χ4v) is 2.79. The largest absolute Gasteiger partial charge is 0.301 e. The van der Waals surface area contributed by atoms with Crippen LogP contribution in [0, 0.1) is 0 Å². The second-order valence-electron chi connectivity index (χ2n) is 5.48. The van der Waals surface area contributed by atoms with Crippen LogP contribution in [0.5, 0.6) is 0 Å². The molecule has 2 heterocycles. The maximum absolute atomic E-state index is 12.6. The number of amides is 3. The van der Waals surface area contributed by atoms with E-state index in [2.05, 4.69) is 5.43 Å². The summed E-state index contributed by atoms with van der Waals surface area (Å²) in [6.07, 6.45) is 2.75. The summed E-state index contributed by atoms with van der Waals surface area (Å²) in [4.78, 5) is 38.4. The van der Waals surface area contributed by atoms with Crippen molar-refractivity contribution in [1.29, 1.82) is 0 Å². The number of fused-ring (bicyclic) bond motifs is 1. The first-order valence-electron chi connectivity index (χ1n) is 7.22. The van der Waals surface area contributed by atoms with Gasteiger partial charge in [-0.05, 0) is 32.4 Å². The van der Waals surface area contributed by atoms with Gasteiger partial charge in [0, 0.05) is 12.2 Å². The summed E-state index contributed by atoms with van der Waals surface area (Å²) in [6, 6.07) is 5.80. The Morgan fingerprint density at radius 1 is 1.18 bits per heavy atom. The van der Waals surface area contributed by atoms with E-state index in [1.807, 2.05) is 13.0 Å². The first-order chi connectivity index (χ1) is 10.5. The monoisotopic (exact) mass is 299 g/mol. The van der Waals surface area contributed by atoms with Gasteiger partial charge >= 0.3 is 0 Å². The third-order valence-electron chi connectivity index (χ3n) is 3.95. The summed E-state index contributed by atoms with van der Waals surface area (Å²) >= 11 is 0. The second kappa shape index (κ2) is 5.29. The Kier molecular flexibility index (Phi) is 3.44. The molecule has 1 aromatic rings. The molecule has 0 bridgehead atoms. The summed E-state index contributed by atoms with van der Waals surface area (Å²) in [7, 11) is 0. The summed E-state index contributed by atoms with van der Waals surface area (Å²) in [5, 5.41) is 1.46. The average molecular weight is 299 g/mol. The van der Waals surface area contributed by atoms with Crippen LogP contribution in [0.2, 0.25) is 0 Å². The minimum atomic E-state index is -0.842. The number of hydrogen-bond donors (Lipinski definition) is 1. The van der Waals surface area contributed by atoms with Crippen molar-refractivity contribution in [2.24, 2.45) is 0 Å². The molecular formula is C16H17N3O3.